The van der Waals surface area contributed by atoms with Gasteiger partial charge in [-0.05, 0) is 31.5 Å². The summed E-state index contributed by atoms with van der Waals surface area (Å²) in [5.41, 5.74) is 0.868. The average Bonchev–Trinajstić information content (AvgIpc) is 2.61. The Bertz CT molecular complexity index is 555. The van der Waals surface area contributed by atoms with Crippen LogP contribution < -0.4 is 0 Å². The summed E-state index contributed by atoms with van der Waals surface area (Å²) >= 11 is 11.7. The highest BCUT2D eigenvalue weighted by Gasteiger charge is 2.02. The van der Waals surface area contributed by atoms with Crippen LogP contribution in [0.5, 0.6) is 0 Å². The maximum Gasteiger partial charge on any atom is 0.151 e. The summed E-state index contributed by atoms with van der Waals surface area (Å²) in [6, 6.07) is 5.33. The molecule has 6 heteroatoms. The topological polar surface area (TPSA) is 43.1 Å². The van der Waals surface area contributed by atoms with Gasteiger partial charge in [-0.3, -0.25) is 0 Å². The monoisotopic (exact) mass is 268 g/mol. The van der Waals surface area contributed by atoms with Gasteiger partial charge in [0.25, 0.3) is 0 Å². The van der Waals surface area contributed by atoms with Crippen molar-refractivity contribution in [1.29, 1.82) is 0 Å². The standard InChI is InChI=1S/C11H10Cl2N4/c1-7-15-16-8(2)17(7)14-6-9-3-4-10(12)11(13)5-9/h3-6H,1-2H3/b14-6-. The molecule has 0 unspecified atom stereocenters. The first-order valence-corrected chi connectivity index (χ1v) is 5.71. The fraction of sp³-hybridized carbons (Fsp3) is 0.182. The first-order chi connectivity index (χ1) is 8.08. The molecule has 1 heterocycles. The summed E-state index contributed by atoms with van der Waals surface area (Å²) in [5, 5.41) is 13.1. The highest BCUT2D eigenvalue weighted by atomic mass is 35.5. The Morgan fingerprint density at radius 2 is 1.76 bits per heavy atom. The fourth-order valence-electron chi connectivity index (χ4n) is 1.35. The first kappa shape index (κ1) is 12.1. The van der Waals surface area contributed by atoms with Crippen molar-refractivity contribution >= 4 is 29.4 Å². The summed E-state index contributed by atoms with van der Waals surface area (Å²) in [5.74, 6) is 1.47. The minimum Gasteiger partial charge on any atom is -0.202 e. The Labute approximate surface area is 109 Å². The molecule has 0 aliphatic carbocycles. The summed E-state index contributed by atoms with van der Waals surface area (Å²) in [4.78, 5) is 0. The van der Waals surface area contributed by atoms with Crippen LogP contribution in [-0.4, -0.2) is 21.1 Å². The molecule has 0 saturated heterocycles. The van der Waals surface area contributed by atoms with Gasteiger partial charge in [-0.25, -0.2) is 4.68 Å². The molecule has 0 aliphatic heterocycles. The van der Waals surface area contributed by atoms with E-state index in [-0.39, 0.29) is 0 Å². The lowest BCUT2D eigenvalue weighted by Gasteiger charge is -1.99. The lowest BCUT2D eigenvalue weighted by Crippen LogP contribution is -1.96. The van der Waals surface area contributed by atoms with Gasteiger partial charge in [-0.2, -0.15) is 5.10 Å². The molecular formula is C11H10Cl2N4. The molecule has 88 valence electrons. The van der Waals surface area contributed by atoms with E-state index in [0.717, 1.165) is 17.2 Å². The van der Waals surface area contributed by atoms with Crippen molar-refractivity contribution in [3.05, 3.63) is 45.5 Å². The van der Waals surface area contributed by atoms with Crippen molar-refractivity contribution < 1.29 is 0 Å². The smallest absolute Gasteiger partial charge is 0.151 e. The van der Waals surface area contributed by atoms with Crippen LogP contribution in [0.3, 0.4) is 0 Å². The molecule has 0 saturated carbocycles. The van der Waals surface area contributed by atoms with E-state index in [1.807, 2.05) is 19.9 Å². The maximum absolute atomic E-state index is 5.91. The van der Waals surface area contributed by atoms with Gasteiger partial charge in [0.05, 0.1) is 16.3 Å². The Hall–Kier alpha value is -1.39. The van der Waals surface area contributed by atoms with Crippen molar-refractivity contribution in [2.75, 3.05) is 0 Å². The predicted octanol–water partition coefficient (Wildman–Crippen LogP) is 3.08. The number of hydrogen-bond donors (Lipinski definition) is 0. The molecule has 0 radical (unpaired) electrons. The van der Waals surface area contributed by atoms with Gasteiger partial charge in [0, 0.05) is 0 Å². The quantitative estimate of drug-likeness (QED) is 0.786. The lowest BCUT2D eigenvalue weighted by atomic mass is 10.2. The molecule has 4 nitrogen and oxygen atoms in total. The van der Waals surface area contributed by atoms with E-state index in [9.17, 15) is 0 Å². The molecule has 1 aromatic heterocycles. The summed E-state index contributed by atoms with van der Waals surface area (Å²) in [6.45, 7) is 3.68. The molecule has 1 aromatic carbocycles. The molecule has 17 heavy (non-hydrogen) atoms. The van der Waals surface area contributed by atoms with E-state index in [1.54, 1.807) is 23.0 Å². The van der Waals surface area contributed by atoms with Crippen molar-refractivity contribution in [3.63, 3.8) is 0 Å². The van der Waals surface area contributed by atoms with Gasteiger partial charge >= 0.3 is 0 Å². The van der Waals surface area contributed by atoms with Crippen molar-refractivity contribution in [2.45, 2.75) is 13.8 Å². The van der Waals surface area contributed by atoms with E-state index in [1.165, 1.54) is 0 Å². The third-order valence-electron chi connectivity index (χ3n) is 2.22. The van der Waals surface area contributed by atoms with Crippen LogP contribution in [0.2, 0.25) is 10.0 Å². The van der Waals surface area contributed by atoms with E-state index in [2.05, 4.69) is 15.3 Å². The van der Waals surface area contributed by atoms with Gasteiger partial charge in [-0.15, -0.1) is 10.2 Å². The van der Waals surface area contributed by atoms with Crippen LogP contribution in [0.1, 0.15) is 17.2 Å². The highest BCUT2D eigenvalue weighted by Crippen LogP contribution is 2.21. The predicted molar refractivity (Wildman–Crippen MR) is 69.0 cm³/mol. The minimum absolute atomic E-state index is 0.507. The molecule has 0 bridgehead atoms. The second kappa shape index (κ2) is 4.85. The van der Waals surface area contributed by atoms with Crippen LogP contribution in [0, 0.1) is 13.8 Å². The Kier molecular flexibility index (Phi) is 3.45. The molecule has 0 atom stereocenters. The lowest BCUT2D eigenvalue weighted by molar-refractivity contribution is 0.799. The van der Waals surface area contributed by atoms with Crippen LogP contribution in [0.15, 0.2) is 23.3 Å². The fourth-order valence-corrected chi connectivity index (χ4v) is 1.65. The average molecular weight is 269 g/mol. The van der Waals surface area contributed by atoms with Crippen molar-refractivity contribution in [1.82, 2.24) is 14.9 Å². The Morgan fingerprint density at radius 3 is 2.35 bits per heavy atom. The zero-order valence-corrected chi connectivity index (χ0v) is 10.9. The van der Waals surface area contributed by atoms with E-state index >= 15 is 0 Å². The highest BCUT2D eigenvalue weighted by molar-refractivity contribution is 6.42. The van der Waals surface area contributed by atoms with E-state index < -0.39 is 0 Å². The molecular weight excluding hydrogens is 259 g/mol. The number of hydrogen-bond acceptors (Lipinski definition) is 3. The first-order valence-electron chi connectivity index (χ1n) is 4.96. The second-order valence-electron chi connectivity index (χ2n) is 3.52. The summed E-state index contributed by atoms with van der Waals surface area (Å²) in [7, 11) is 0. The number of nitrogens with zero attached hydrogens (tertiary/aromatic N) is 4. The zero-order chi connectivity index (χ0) is 12.4. The minimum atomic E-state index is 0.507. The van der Waals surface area contributed by atoms with Crippen LogP contribution in [0.4, 0.5) is 0 Å². The SMILES string of the molecule is Cc1nnc(C)n1/N=C\c1ccc(Cl)c(Cl)c1. The molecule has 0 aliphatic rings. The third kappa shape index (κ3) is 2.65. The van der Waals surface area contributed by atoms with Gasteiger partial charge < -0.3 is 0 Å². The summed E-state index contributed by atoms with van der Waals surface area (Å²) < 4.78 is 1.66. The van der Waals surface area contributed by atoms with Gasteiger partial charge in [0.15, 0.2) is 11.6 Å². The maximum atomic E-state index is 5.91. The van der Waals surface area contributed by atoms with Crippen molar-refractivity contribution in [2.24, 2.45) is 5.10 Å². The molecule has 0 N–H and O–H groups in total. The van der Waals surface area contributed by atoms with Crippen LogP contribution in [0.25, 0.3) is 0 Å². The normalized spacial score (nSPS) is 11.3. The van der Waals surface area contributed by atoms with Gasteiger partial charge in [0.1, 0.15) is 0 Å². The summed E-state index contributed by atoms with van der Waals surface area (Å²) in [6.07, 6.45) is 1.69. The zero-order valence-electron chi connectivity index (χ0n) is 9.35. The van der Waals surface area contributed by atoms with Crippen molar-refractivity contribution in [3.8, 4) is 0 Å². The molecule has 0 spiro atoms. The Morgan fingerprint density at radius 1 is 1.12 bits per heavy atom. The third-order valence-corrected chi connectivity index (χ3v) is 2.96. The second-order valence-corrected chi connectivity index (χ2v) is 4.34. The number of aryl methyl sites for hydroxylation is 2. The molecule has 0 amide bonds. The Balaban J connectivity index is 2.29. The molecule has 2 aromatic rings. The number of halogens is 2. The van der Waals surface area contributed by atoms with E-state index in [0.29, 0.717) is 10.0 Å². The number of aromatic nitrogens is 3. The number of benzene rings is 1. The van der Waals surface area contributed by atoms with Crippen LogP contribution in [-0.2, 0) is 0 Å². The van der Waals surface area contributed by atoms with Gasteiger partial charge in [-0.1, -0.05) is 29.3 Å². The number of rotatable bonds is 2. The molecule has 2 rings (SSSR count). The van der Waals surface area contributed by atoms with E-state index in [4.69, 9.17) is 23.2 Å². The van der Waals surface area contributed by atoms with Gasteiger partial charge in [0.2, 0.25) is 0 Å². The largest absolute Gasteiger partial charge is 0.202 e. The molecule has 0 fully saturated rings. The van der Waals surface area contributed by atoms with Crippen LogP contribution >= 0.6 is 23.2 Å².